The summed E-state index contributed by atoms with van der Waals surface area (Å²) < 4.78 is 5.34. The van der Waals surface area contributed by atoms with Crippen molar-refractivity contribution in [3.05, 3.63) is 36.2 Å². The number of likely N-dealkylation sites (N-methyl/N-ethyl adjacent to an activating group) is 1. The van der Waals surface area contributed by atoms with E-state index in [1.807, 2.05) is 36.9 Å². The van der Waals surface area contributed by atoms with Gasteiger partial charge in [-0.15, -0.1) is 0 Å². The van der Waals surface area contributed by atoms with Gasteiger partial charge in [0.2, 0.25) is 5.89 Å². The molecule has 1 fully saturated rings. The minimum Gasteiger partial charge on any atom is -0.480 e. The zero-order valence-electron chi connectivity index (χ0n) is 15.4. The number of carboxylic acids is 1. The van der Waals surface area contributed by atoms with E-state index in [1.54, 1.807) is 6.20 Å². The molecule has 1 aliphatic carbocycles. The van der Waals surface area contributed by atoms with Crippen LogP contribution in [0.3, 0.4) is 0 Å². The van der Waals surface area contributed by atoms with E-state index in [4.69, 9.17) is 9.52 Å². The fourth-order valence-electron chi connectivity index (χ4n) is 3.38. The molecule has 2 aromatic rings. The van der Waals surface area contributed by atoms with Gasteiger partial charge in [0.05, 0.1) is 12.7 Å². The molecule has 144 valence electrons. The Kier molecular flexibility index (Phi) is 5.75. The molecule has 3 N–H and O–H groups in total. The zero-order chi connectivity index (χ0) is 19.4. The zero-order valence-corrected chi connectivity index (χ0v) is 15.4. The summed E-state index contributed by atoms with van der Waals surface area (Å²) in [6.45, 7) is 4.56. The predicted molar refractivity (Wildman–Crippen MR) is 101 cm³/mol. The Morgan fingerprint density at radius 1 is 1.37 bits per heavy atom. The Hall–Kier alpha value is -2.87. The molecule has 1 aromatic heterocycles. The van der Waals surface area contributed by atoms with Crippen LogP contribution in [0, 0.1) is 6.92 Å². The first-order chi connectivity index (χ1) is 13.0. The molecule has 1 aliphatic rings. The van der Waals surface area contributed by atoms with Gasteiger partial charge in [0.1, 0.15) is 6.26 Å². The van der Waals surface area contributed by atoms with Crippen molar-refractivity contribution in [2.24, 2.45) is 0 Å². The highest BCUT2D eigenvalue weighted by atomic mass is 16.4. The number of nitrogens with one attached hydrogen (secondary N) is 2. The summed E-state index contributed by atoms with van der Waals surface area (Å²) in [5, 5.41) is 14.8. The summed E-state index contributed by atoms with van der Waals surface area (Å²) in [5.74, 6) is -0.316. The summed E-state index contributed by atoms with van der Waals surface area (Å²) in [4.78, 5) is 29.3. The van der Waals surface area contributed by atoms with Gasteiger partial charge in [-0.2, -0.15) is 0 Å². The lowest BCUT2D eigenvalue weighted by molar-refractivity contribution is -0.139. The van der Waals surface area contributed by atoms with Crippen molar-refractivity contribution in [1.29, 1.82) is 0 Å². The second kappa shape index (κ2) is 8.22. The summed E-state index contributed by atoms with van der Waals surface area (Å²) in [5.41, 5.74) is 2.40. The monoisotopic (exact) mass is 372 g/mol. The van der Waals surface area contributed by atoms with Gasteiger partial charge in [0.25, 0.3) is 0 Å². The topological polar surface area (TPSA) is 108 Å². The van der Waals surface area contributed by atoms with Crippen molar-refractivity contribution in [3.8, 4) is 11.5 Å². The van der Waals surface area contributed by atoms with E-state index in [2.05, 4.69) is 15.6 Å². The van der Waals surface area contributed by atoms with Crippen LogP contribution < -0.4 is 10.6 Å². The number of benzene rings is 1. The second-order valence-corrected chi connectivity index (χ2v) is 6.69. The van der Waals surface area contributed by atoms with Crippen LogP contribution in [0.4, 0.5) is 10.5 Å². The third-order valence-electron chi connectivity index (χ3n) is 4.95. The van der Waals surface area contributed by atoms with Crippen LogP contribution >= 0.6 is 0 Å². The van der Waals surface area contributed by atoms with Crippen LogP contribution in [-0.4, -0.2) is 52.2 Å². The summed E-state index contributed by atoms with van der Waals surface area (Å²) in [6, 6.07) is 5.54. The average Bonchev–Trinajstić information content (AvgIpc) is 3.12. The Labute approximate surface area is 157 Å². The maximum absolute atomic E-state index is 12.3. The summed E-state index contributed by atoms with van der Waals surface area (Å²) in [6.07, 6.45) is 4.60. The number of amides is 2. The van der Waals surface area contributed by atoms with Crippen molar-refractivity contribution < 1.29 is 19.1 Å². The normalized spacial score (nSPS) is 18.8. The number of carbonyl (C=O) groups is 2. The van der Waals surface area contributed by atoms with Gasteiger partial charge in [-0.05, 0) is 44.0 Å². The average molecular weight is 372 g/mol. The van der Waals surface area contributed by atoms with Crippen molar-refractivity contribution in [3.63, 3.8) is 0 Å². The largest absolute Gasteiger partial charge is 0.480 e. The predicted octanol–water partition coefficient (Wildman–Crippen LogP) is 2.71. The quantitative estimate of drug-likeness (QED) is 0.690. The van der Waals surface area contributed by atoms with Crippen LogP contribution in [-0.2, 0) is 4.79 Å². The fraction of sp³-hybridized carbons (Fsp3) is 0.421. The molecule has 3 rings (SSSR count). The summed E-state index contributed by atoms with van der Waals surface area (Å²) >= 11 is 0. The van der Waals surface area contributed by atoms with Gasteiger partial charge in [-0.1, -0.05) is 13.0 Å². The molecule has 0 bridgehead atoms. The van der Waals surface area contributed by atoms with E-state index in [0.29, 0.717) is 18.1 Å². The molecule has 8 heteroatoms. The van der Waals surface area contributed by atoms with Gasteiger partial charge < -0.3 is 20.2 Å². The molecular formula is C19H24N4O4. The Morgan fingerprint density at radius 2 is 2.15 bits per heavy atom. The van der Waals surface area contributed by atoms with Crippen LogP contribution in [0.15, 0.2) is 35.1 Å². The highest BCUT2D eigenvalue weighted by Crippen LogP contribution is 2.28. The van der Waals surface area contributed by atoms with Crippen molar-refractivity contribution in [1.82, 2.24) is 15.2 Å². The molecule has 1 heterocycles. The molecule has 0 saturated heterocycles. The van der Waals surface area contributed by atoms with Gasteiger partial charge in [-0.25, -0.2) is 9.78 Å². The number of oxazole rings is 1. The first-order valence-corrected chi connectivity index (χ1v) is 9.00. The number of urea groups is 1. The molecule has 1 aromatic carbocycles. The van der Waals surface area contributed by atoms with Gasteiger partial charge in [-0.3, -0.25) is 9.69 Å². The number of carbonyl (C=O) groups excluding carboxylic acids is 1. The number of aromatic nitrogens is 1. The Morgan fingerprint density at radius 3 is 2.78 bits per heavy atom. The minimum absolute atomic E-state index is 0.0346. The van der Waals surface area contributed by atoms with Gasteiger partial charge >= 0.3 is 12.0 Å². The molecule has 0 spiro atoms. The van der Waals surface area contributed by atoms with Crippen LogP contribution in [0.1, 0.15) is 25.3 Å². The Balaban J connectivity index is 1.54. The molecule has 1 saturated carbocycles. The van der Waals surface area contributed by atoms with E-state index in [0.717, 1.165) is 24.0 Å². The lowest BCUT2D eigenvalue weighted by Gasteiger charge is -2.42. The van der Waals surface area contributed by atoms with Crippen molar-refractivity contribution >= 4 is 17.7 Å². The fourth-order valence-corrected chi connectivity index (χ4v) is 3.38. The molecular weight excluding hydrogens is 348 g/mol. The maximum Gasteiger partial charge on any atom is 0.319 e. The van der Waals surface area contributed by atoms with Crippen molar-refractivity contribution in [2.75, 3.05) is 18.4 Å². The van der Waals surface area contributed by atoms with E-state index in [9.17, 15) is 9.59 Å². The SMILES string of the molecule is CCN(CC(=O)O)C1CC(NC(=O)Nc2cccc(-c3ncco3)c2C)C1. The number of hydrogen-bond donors (Lipinski definition) is 3. The van der Waals surface area contributed by atoms with Gasteiger partial charge in [0, 0.05) is 23.3 Å². The van der Waals surface area contributed by atoms with E-state index >= 15 is 0 Å². The lowest BCUT2D eigenvalue weighted by Crippen LogP contribution is -2.55. The highest BCUT2D eigenvalue weighted by Gasteiger charge is 2.34. The Bertz CT molecular complexity index is 800. The van der Waals surface area contributed by atoms with E-state index in [-0.39, 0.29) is 24.7 Å². The van der Waals surface area contributed by atoms with Gasteiger partial charge in [0.15, 0.2) is 0 Å². The molecule has 8 nitrogen and oxygen atoms in total. The lowest BCUT2D eigenvalue weighted by atomic mass is 9.85. The number of hydrogen-bond acceptors (Lipinski definition) is 5. The molecule has 0 unspecified atom stereocenters. The maximum atomic E-state index is 12.3. The van der Waals surface area contributed by atoms with Crippen LogP contribution in [0.5, 0.6) is 0 Å². The number of aliphatic carboxylic acids is 1. The third-order valence-corrected chi connectivity index (χ3v) is 4.95. The number of anilines is 1. The number of carboxylic acid groups (broad SMARTS) is 1. The molecule has 2 amide bonds. The molecule has 0 atom stereocenters. The molecule has 27 heavy (non-hydrogen) atoms. The second-order valence-electron chi connectivity index (χ2n) is 6.69. The van der Waals surface area contributed by atoms with Crippen molar-refractivity contribution in [2.45, 2.75) is 38.8 Å². The number of nitrogens with zero attached hydrogens (tertiary/aromatic N) is 2. The highest BCUT2D eigenvalue weighted by molar-refractivity contribution is 5.91. The summed E-state index contributed by atoms with van der Waals surface area (Å²) in [7, 11) is 0. The van der Waals surface area contributed by atoms with E-state index in [1.165, 1.54) is 6.26 Å². The number of rotatable bonds is 7. The van der Waals surface area contributed by atoms with Crippen LogP contribution in [0.25, 0.3) is 11.5 Å². The molecule has 0 radical (unpaired) electrons. The standard InChI is InChI=1S/C19H24N4O4/c1-3-23(11-17(24)25)14-9-13(10-14)21-19(26)22-16-6-4-5-15(12(16)2)18-20-7-8-27-18/h4-8,13-14H,3,9-11H2,1-2H3,(H,24,25)(H2,21,22,26). The first-order valence-electron chi connectivity index (χ1n) is 9.00. The first kappa shape index (κ1) is 18.9. The smallest absolute Gasteiger partial charge is 0.319 e. The van der Waals surface area contributed by atoms with Crippen LogP contribution in [0.2, 0.25) is 0 Å². The third kappa shape index (κ3) is 4.46. The molecule has 0 aliphatic heterocycles. The minimum atomic E-state index is -0.826. The van der Waals surface area contributed by atoms with E-state index < -0.39 is 5.97 Å².